The van der Waals surface area contributed by atoms with E-state index in [1.807, 2.05) is 13.8 Å². The van der Waals surface area contributed by atoms with Crippen LogP contribution in [-0.2, 0) is 14.3 Å². The molecule has 2 bridgehead atoms. The number of hydrogen-bond acceptors (Lipinski definition) is 3. The monoisotopic (exact) mass is 265 g/mol. The Bertz CT molecular complexity index is 439. The number of ether oxygens (including phenoxy) is 2. The summed E-state index contributed by atoms with van der Waals surface area (Å²) < 4.78 is 12.6. The van der Waals surface area contributed by atoms with Crippen molar-refractivity contribution in [1.29, 1.82) is 0 Å². The third-order valence-corrected chi connectivity index (χ3v) is 6.15. The van der Waals surface area contributed by atoms with Gasteiger partial charge in [-0.25, -0.2) is 0 Å². The lowest BCUT2D eigenvalue weighted by Gasteiger charge is -2.57. The van der Waals surface area contributed by atoms with Crippen molar-refractivity contribution in [3.63, 3.8) is 0 Å². The van der Waals surface area contributed by atoms with Gasteiger partial charge in [-0.2, -0.15) is 0 Å². The number of rotatable bonds is 0. The molecule has 1 aliphatic carbocycles. The number of amides is 1. The first-order chi connectivity index (χ1) is 8.96. The van der Waals surface area contributed by atoms with E-state index in [2.05, 4.69) is 12.2 Å². The minimum absolute atomic E-state index is 0.0373. The summed E-state index contributed by atoms with van der Waals surface area (Å²) >= 11 is 0. The first-order valence-corrected chi connectivity index (χ1v) is 7.65. The van der Waals surface area contributed by atoms with Gasteiger partial charge in [0, 0.05) is 18.3 Å². The Kier molecular flexibility index (Phi) is 2.26. The maximum atomic E-state index is 12.2. The topological polar surface area (TPSA) is 47.6 Å². The number of hydrogen-bond donors (Lipinski definition) is 1. The summed E-state index contributed by atoms with van der Waals surface area (Å²) in [6.07, 6.45) is 4.16. The zero-order valence-electron chi connectivity index (χ0n) is 11.9. The molecule has 0 radical (unpaired) electrons. The van der Waals surface area contributed by atoms with E-state index in [9.17, 15) is 4.79 Å². The van der Waals surface area contributed by atoms with Crippen LogP contribution in [0.15, 0.2) is 0 Å². The van der Waals surface area contributed by atoms with Crippen LogP contribution in [0.3, 0.4) is 0 Å². The van der Waals surface area contributed by atoms with Gasteiger partial charge in [0.05, 0.1) is 0 Å². The molecule has 4 aliphatic rings. The summed E-state index contributed by atoms with van der Waals surface area (Å²) in [4.78, 5) is 12.2. The average molecular weight is 265 g/mol. The van der Waals surface area contributed by atoms with Crippen LogP contribution in [0.2, 0.25) is 0 Å². The minimum Gasteiger partial charge on any atom is -0.338 e. The second-order valence-electron chi connectivity index (χ2n) is 7.19. The molecule has 1 amide bonds. The van der Waals surface area contributed by atoms with Crippen LogP contribution in [0.4, 0.5) is 0 Å². The molecule has 1 unspecified atom stereocenters. The van der Waals surface area contributed by atoms with Gasteiger partial charge in [0.15, 0.2) is 12.0 Å². The molecule has 3 saturated heterocycles. The molecular weight excluding hydrogens is 242 g/mol. The predicted octanol–water partition coefficient (Wildman–Crippen LogP) is 2.04. The molecule has 0 aromatic rings. The summed E-state index contributed by atoms with van der Waals surface area (Å²) in [7, 11) is 0. The molecule has 4 rings (SSSR count). The van der Waals surface area contributed by atoms with E-state index < -0.39 is 5.79 Å². The van der Waals surface area contributed by atoms with Gasteiger partial charge in [0.25, 0.3) is 0 Å². The Morgan fingerprint density at radius 2 is 2.00 bits per heavy atom. The lowest BCUT2D eigenvalue weighted by molar-refractivity contribution is -0.251. The summed E-state index contributed by atoms with van der Waals surface area (Å²) in [5.74, 6) is 1.18. The highest BCUT2D eigenvalue weighted by molar-refractivity contribution is 5.80. The van der Waals surface area contributed by atoms with E-state index in [-0.39, 0.29) is 23.7 Å². The van der Waals surface area contributed by atoms with Gasteiger partial charge in [-0.3, -0.25) is 4.79 Å². The second kappa shape index (κ2) is 3.53. The normalized spacial score (nSPS) is 59.5. The van der Waals surface area contributed by atoms with Crippen molar-refractivity contribution >= 4 is 5.91 Å². The van der Waals surface area contributed by atoms with Crippen molar-refractivity contribution in [2.45, 2.75) is 64.1 Å². The zero-order valence-corrected chi connectivity index (χ0v) is 11.9. The molecule has 1 saturated carbocycles. The highest BCUT2D eigenvalue weighted by Crippen LogP contribution is 2.61. The quantitative estimate of drug-likeness (QED) is 0.729. The third-order valence-electron chi connectivity index (χ3n) is 6.15. The molecule has 3 heterocycles. The third kappa shape index (κ3) is 1.34. The van der Waals surface area contributed by atoms with Crippen LogP contribution in [-0.4, -0.2) is 23.5 Å². The van der Waals surface area contributed by atoms with Crippen molar-refractivity contribution in [2.75, 3.05) is 0 Å². The van der Waals surface area contributed by atoms with Crippen molar-refractivity contribution in [3.8, 4) is 0 Å². The Hall–Kier alpha value is -0.610. The van der Waals surface area contributed by atoms with Gasteiger partial charge in [0.1, 0.15) is 5.60 Å². The lowest BCUT2D eigenvalue weighted by atomic mass is 9.56. The lowest BCUT2D eigenvalue weighted by Crippen LogP contribution is -2.69. The smallest absolute Gasteiger partial charge is 0.225 e. The van der Waals surface area contributed by atoms with Gasteiger partial charge in [-0.1, -0.05) is 13.8 Å². The van der Waals surface area contributed by atoms with E-state index in [1.54, 1.807) is 0 Å². The number of carbonyl (C=O) groups excluding carboxylic acids is 1. The van der Waals surface area contributed by atoms with Gasteiger partial charge < -0.3 is 14.8 Å². The van der Waals surface area contributed by atoms with Crippen LogP contribution in [0.1, 0.15) is 46.5 Å². The molecular formula is C15H23NO3. The van der Waals surface area contributed by atoms with Gasteiger partial charge in [-0.05, 0) is 38.0 Å². The predicted molar refractivity (Wildman–Crippen MR) is 69.0 cm³/mol. The molecule has 4 nitrogen and oxygen atoms in total. The average Bonchev–Trinajstić information content (AvgIpc) is 2.56. The van der Waals surface area contributed by atoms with Crippen LogP contribution in [0, 0.1) is 23.7 Å². The molecule has 7 atom stereocenters. The maximum absolute atomic E-state index is 12.2. The molecule has 3 aliphatic heterocycles. The SMILES string of the molecule is C[C@@H]1CCC2[C@@H](C)C(=O)N[C@@H]3O[C@@]4(C)CC[C@@H]1[C@@]23O4. The van der Waals surface area contributed by atoms with Gasteiger partial charge in [-0.15, -0.1) is 0 Å². The number of carbonyl (C=O) groups is 1. The Labute approximate surface area is 114 Å². The molecule has 19 heavy (non-hydrogen) atoms. The molecule has 4 heteroatoms. The van der Waals surface area contributed by atoms with E-state index in [4.69, 9.17) is 9.47 Å². The van der Waals surface area contributed by atoms with Gasteiger partial charge in [0.2, 0.25) is 5.91 Å². The van der Waals surface area contributed by atoms with E-state index in [0.29, 0.717) is 17.8 Å². The summed E-state index contributed by atoms with van der Waals surface area (Å²) in [5.41, 5.74) is -0.266. The summed E-state index contributed by atoms with van der Waals surface area (Å²) in [5, 5.41) is 3.08. The molecule has 4 fully saturated rings. The zero-order chi connectivity index (χ0) is 13.4. The second-order valence-corrected chi connectivity index (χ2v) is 7.19. The highest BCUT2D eigenvalue weighted by atomic mass is 16.8. The largest absolute Gasteiger partial charge is 0.338 e. The minimum atomic E-state index is -0.492. The van der Waals surface area contributed by atoms with E-state index in [1.165, 1.54) is 6.42 Å². The van der Waals surface area contributed by atoms with E-state index >= 15 is 0 Å². The number of fused-ring (bicyclic) bond motifs is 1. The Morgan fingerprint density at radius 3 is 2.79 bits per heavy atom. The van der Waals surface area contributed by atoms with Crippen molar-refractivity contribution < 1.29 is 14.3 Å². The fraction of sp³-hybridized carbons (Fsp3) is 0.933. The molecule has 1 spiro atoms. The van der Waals surface area contributed by atoms with Crippen LogP contribution < -0.4 is 5.32 Å². The van der Waals surface area contributed by atoms with Crippen molar-refractivity contribution in [3.05, 3.63) is 0 Å². The Morgan fingerprint density at radius 1 is 1.21 bits per heavy atom. The highest BCUT2D eigenvalue weighted by Gasteiger charge is 2.70. The van der Waals surface area contributed by atoms with Crippen LogP contribution in [0.5, 0.6) is 0 Å². The van der Waals surface area contributed by atoms with Crippen LogP contribution >= 0.6 is 0 Å². The fourth-order valence-electron chi connectivity index (χ4n) is 5.19. The summed E-state index contributed by atoms with van der Waals surface area (Å²) in [6.45, 7) is 6.41. The maximum Gasteiger partial charge on any atom is 0.225 e. The molecule has 0 aromatic heterocycles. The standard InChI is InChI=1S/C15H23NO3/c1-8-4-5-11-9(2)12(17)16-13-15(11)10(8)6-7-14(3,18-13)19-15/h8-11,13H,4-7H2,1-3H3,(H,16,17)/t8-,9-,10+,11?,13-,14-,15-/m1/s1. The number of nitrogens with one attached hydrogen (secondary N) is 1. The molecule has 0 aromatic carbocycles. The molecule has 106 valence electrons. The Balaban J connectivity index is 1.84. The first-order valence-electron chi connectivity index (χ1n) is 7.65. The summed E-state index contributed by atoms with van der Waals surface area (Å²) in [6, 6.07) is 0. The van der Waals surface area contributed by atoms with E-state index in [0.717, 1.165) is 19.3 Å². The first kappa shape index (κ1) is 12.2. The van der Waals surface area contributed by atoms with Crippen molar-refractivity contribution in [2.24, 2.45) is 23.7 Å². The molecule has 1 N–H and O–H groups in total. The number of piperidine rings is 1. The van der Waals surface area contributed by atoms with Gasteiger partial charge >= 0.3 is 0 Å². The van der Waals surface area contributed by atoms with Crippen LogP contribution in [0.25, 0.3) is 0 Å². The fourth-order valence-corrected chi connectivity index (χ4v) is 5.19. The van der Waals surface area contributed by atoms with Crippen molar-refractivity contribution in [1.82, 2.24) is 5.32 Å².